The maximum atomic E-state index is 12.5. The molecule has 1 aliphatic rings. The number of alkyl carbamates (subject to hydrolysis) is 1. The van der Waals surface area contributed by atoms with E-state index in [0.717, 1.165) is 11.1 Å². The molecule has 2 aromatic carbocycles. The SMILES string of the molecule is CNC(=O)C(CC(C)(C)CN)NC(=O)OCC1c2ccccc2-c2ccccc21. The quantitative estimate of drug-likeness (QED) is 0.672. The number of carbonyl (C=O) groups is 2. The molecule has 154 valence electrons. The fourth-order valence-electron chi connectivity index (χ4n) is 3.80. The Kier molecular flexibility index (Phi) is 6.23. The van der Waals surface area contributed by atoms with Gasteiger partial charge in [0.1, 0.15) is 12.6 Å². The van der Waals surface area contributed by atoms with Crippen molar-refractivity contribution in [3.63, 3.8) is 0 Å². The summed E-state index contributed by atoms with van der Waals surface area (Å²) < 4.78 is 5.55. The molecule has 1 aliphatic carbocycles. The first kappa shape index (κ1) is 20.9. The standard InChI is InChI=1S/C23H29N3O3/c1-23(2,14-24)12-20(21(27)25-3)26-22(28)29-13-19-17-10-6-4-8-15(17)16-9-5-7-11-18(16)19/h4-11,19-20H,12-14,24H2,1-3H3,(H,25,27)(H,26,28). The van der Waals surface area contributed by atoms with Crippen LogP contribution in [0.4, 0.5) is 4.79 Å². The minimum absolute atomic E-state index is 0.0212. The third-order valence-electron chi connectivity index (χ3n) is 5.51. The van der Waals surface area contributed by atoms with Gasteiger partial charge in [0.2, 0.25) is 5.91 Å². The summed E-state index contributed by atoms with van der Waals surface area (Å²) >= 11 is 0. The average Bonchev–Trinajstić information content (AvgIpc) is 3.05. The van der Waals surface area contributed by atoms with E-state index < -0.39 is 12.1 Å². The lowest BCUT2D eigenvalue weighted by molar-refractivity contribution is -0.123. The highest BCUT2D eigenvalue weighted by Crippen LogP contribution is 2.44. The smallest absolute Gasteiger partial charge is 0.407 e. The molecular weight excluding hydrogens is 366 g/mol. The Bertz CT molecular complexity index is 849. The van der Waals surface area contributed by atoms with E-state index in [0.29, 0.717) is 13.0 Å². The number of nitrogens with two attached hydrogens (primary N) is 1. The first-order valence-electron chi connectivity index (χ1n) is 9.89. The van der Waals surface area contributed by atoms with Gasteiger partial charge in [-0.3, -0.25) is 4.79 Å². The number of rotatable bonds is 7. The van der Waals surface area contributed by atoms with Crippen molar-refractivity contribution in [1.82, 2.24) is 10.6 Å². The van der Waals surface area contributed by atoms with Gasteiger partial charge < -0.3 is 21.1 Å². The van der Waals surface area contributed by atoms with E-state index >= 15 is 0 Å². The van der Waals surface area contributed by atoms with Crippen LogP contribution in [0.1, 0.15) is 37.3 Å². The van der Waals surface area contributed by atoms with Gasteiger partial charge in [0, 0.05) is 13.0 Å². The van der Waals surface area contributed by atoms with E-state index in [2.05, 4.69) is 34.9 Å². The second-order valence-electron chi connectivity index (χ2n) is 8.21. The van der Waals surface area contributed by atoms with Crippen molar-refractivity contribution in [2.24, 2.45) is 11.1 Å². The topological polar surface area (TPSA) is 93.5 Å². The summed E-state index contributed by atoms with van der Waals surface area (Å²) in [4.78, 5) is 24.7. The molecule has 6 heteroatoms. The highest BCUT2D eigenvalue weighted by atomic mass is 16.5. The summed E-state index contributed by atoms with van der Waals surface area (Å²) in [6, 6.07) is 15.6. The fourth-order valence-corrected chi connectivity index (χ4v) is 3.80. The molecule has 2 aromatic rings. The first-order chi connectivity index (χ1) is 13.9. The molecular formula is C23H29N3O3. The maximum Gasteiger partial charge on any atom is 0.407 e. The van der Waals surface area contributed by atoms with Crippen LogP contribution < -0.4 is 16.4 Å². The van der Waals surface area contributed by atoms with Crippen LogP contribution in [0.3, 0.4) is 0 Å². The van der Waals surface area contributed by atoms with Gasteiger partial charge in [-0.05, 0) is 40.6 Å². The molecule has 0 bridgehead atoms. The summed E-state index contributed by atoms with van der Waals surface area (Å²) in [5, 5.41) is 5.29. The van der Waals surface area contributed by atoms with Gasteiger partial charge in [0.05, 0.1) is 0 Å². The van der Waals surface area contributed by atoms with Crippen LogP contribution in [0.5, 0.6) is 0 Å². The number of amides is 2. The predicted molar refractivity (Wildman–Crippen MR) is 114 cm³/mol. The van der Waals surface area contributed by atoms with Gasteiger partial charge in [0.25, 0.3) is 0 Å². The first-order valence-corrected chi connectivity index (χ1v) is 9.89. The number of hydrogen-bond acceptors (Lipinski definition) is 4. The molecule has 0 aromatic heterocycles. The molecule has 0 spiro atoms. The molecule has 29 heavy (non-hydrogen) atoms. The molecule has 0 heterocycles. The van der Waals surface area contributed by atoms with E-state index in [1.807, 2.05) is 38.1 Å². The Morgan fingerprint density at radius 2 is 1.62 bits per heavy atom. The summed E-state index contributed by atoms with van der Waals surface area (Å²) in [5.74, 6) is -0.285. The number of fused-ring (bicyclic) bond motifs is 3. The molecule has 3 rings (SSSR count). The predicted octanol–water partition coefficient (Wildman–Crippen LogP) is 3.01. The fraction of sp³-hybridized carbons (Fsp3) is 0.391. The molecule has 0 saturated heterocycles. The Balaban J connectivity index is 1.69. The van der Waals surface area contributed by atoms with E-state index in [9.17, 15) is 9.59 Å². The molecule has 6 nitrogen and oxygen atoms in total. The Morgan fingerprint density at radius 1 is 1.07 bits per heavy atom. The van der Waals surface area contributed by atoms with Crippen LogP contribution in [-0.2, 0) is 9.53 Å². The van der Waals surface area contributed by atoms with Crippen molar-refractivity contribution in [3.8, 4) is 11.1 Å². The lowest BCUT2D eigenvalue weighted by atomic mass is 9.85. The van der Waals surface area contributed by atoms with E-state index in [1.165, 1.54) is 11.1 Å². The van der Waals surface area contributed by atoms with Crippen molar-refractivity contribution in [2.75, 3.05) is 20.2 Å². The second-order valence-corrected chi connectivity index (χ2v) is 8.21. The van der Waals surface area contributed by atoms with Crippen molar-refractivity contribution in [2.45, 2.75) is 32.2 Å². The molecule has 0 radical (unpaired) electrons. The van der Waals surface area contributed by atoms with Crippen LogP contribution in [0.2, 0.25) is 0 Å². The number of likely N-dealkylation sites (N-methyl/N-ethyl adjacent to an activating group) is 1. The molecule has 4 N–H and O–H groups in total. The minimum Gasteiger partial charge on any atom is -0.449 e. The van der Waals surface area contributed by atoms with Crippen LogP contribution in [0, 0.1) is 5.41 Å². The number of ether oxygens (including phenoxy) is 1. The number of hydrogen-bond donors (Lipinski definition) is 3. The van der Waals surface area contributed by atoms with Gasteiger partial charge in [-0.1, -0.05) is 62.4 Å². The van der Waals surface area contributed by atoms with E-state index in [1.54, 1.807) is 7.05 Å². The number of benzene rings is 2. The summed E-state index contributed by atoms with van der Waals surface area (Å²) in [6.07, 6.45) is -0.179. The number of nitrogens with one attached hydrogen (secondary N) is 2. The summed E-state index contributed by atoms with van der Waals surface area (Å²) in [6.45, 7) is 4.54. The van der Waals surface area contributed by atoms with Crippen LogP contribution in [0.15, 0.2) is 48.5 Å². The van der Waals surface area contributed by atoms with Gasteiger partial charge in [-0.2, -0.15) is 0 Å². The lowest BCUT2D eigenvalue weighted by Gasteiger charge is -2.28. The molecule has 0 fully saturated rings. The van der Waals surface area contributed by atoms with Gasteiger partial charge >= 0.3 is 6.09 Å². The molecule has 0 saturated carbocycles. The zero-order valence-corrected chi connectivity index (χ0v) is 17.2. The maximum absolute atomic E-state index is 12.5. The Morgan fingerprint density at radius 3 is 2.14 bits per heavy atom. The van der Waals surface area contributed by atoms with Crippen molar-refractivity contribution in [3.05, 3.63) is 59.7 Å². The Labute approximate surface area is 171 Å². The molecule has 0 aliphatic heterocycles. The third kappa shape index (κ3) is 4.59. The van der Waals surface area contributed by atoms with E-state index in [-0.39, 0.29) is 23.8 Å². The minimum atomic E-state index is -0.700. The average molecular weight is 396 g/mol. The van der Waals surface area contributed by atoms with Crippen LogP contribution in [-0.4, -0.2) is 38.2 Å². The zero-order chi connectivity index (χ0) is 21.0. The van der Waals surface area contributed by atoms with Crippen molar-refractivity contribution < 1.29 is 14.3 Å². The van der Waals surface area contributed by atoms with Gasteiger partial charge in [0.15, 0.2) is 0 Å². The van der Waals surface area contributed by atoms with Crippen LogP contribution in [0.25, 0.3) is 11.1 Å². The number of carbonyl (C=O) groups excluding carboxylic acids is 2. The highest BCUT2D eigenvalue weighted by Gasteiger charge is 2.31. The van der Waals surface area contributed by atoms with Gasteiger partial charge in [-0.25, -0.2) is 4.79 Å². The van der Waals surface area contributed by atoms with E-state index in [4.69, 9.17) is 10.5 Å². The largest absolute Gasteiger partial charge is 0.449 e. The molecule has 1 unspecified atom stereocenters. The van der Waals surface area contributed by atoms with Crippen molar-refractivity contribution in [1.29, 1.82) is 0 Å². The second kappa shape index (κ2) is 8.66. The molecule has 2 amide bonds. The Hall–Kier alpha value is -2.86. The van der Waals surface area contributed by atoms with Crippen LogP contribution >= 0.6 is 0 Å². The lowest BCUT2D eigenvalue weighted by Crippen LogP contribution is -2.49. The van der Waals surface area contributed by atoms with Gasteiger partial charge in [-0.15, -0.1) is 0 Å². The highest BCUT2D eigenvalue weighted by molar-refractivity contribution is 5.85. The molecule has 1 atom stereocenters. The third-order valence-corrected chi connectivity index (χ3v) is 5.51. The normalized spacial score (nSPS) is 13.9. The monoisotopic (exact) mass is 395 g/mol. The summed E-state index contributed by atoms with van der Waals surface area (Å²) in [5.41, 5.74) is 10.1. The zero-order valence-electron chi connectivity index (χ0n) is 17.2. The summed E-state index contributed by atoms with van der Waals surface area (Å²) in [7, 11) is 1.55. The van der Waals surface area contributed by atoms with Crippen molar-refractivity contribution >= 4 is 12.0 Å².